The molecular formula is C20H24ClN3O3. The molecule has 0 unspecified atom stereocenters. The summed E-state index contributed by atoms with van der Waals surface area (Å²) in [7, 11) is 0. The summed E-state index contributed by atoms with van der Waals surface area (Å²) in [6, 6.07) is 8.13. The van der Waals surface area contributed by atoms with Crippen molar-refractivity contribution in [1.29, 1.82) is 0 Å². The number of nitro groups is 1. The van der Waals surface area contributed by atoms with Gasteiger partial charge in [0, 0.05) is 0 Å². The molecule has 6 nitrogen and oxygen atoms in total. The van der Waals surface area contributed by atoms with Crippen molar-refractivity contribution in [2.24, 2.45) is 10.2 Å². The lowest BCUT2D eigenvalue weighted by Gasteiger charge is -2.20. The number of benzene rings is 2. The highest BCUT2D eigenvalue weighted by molar-refractivity contribution is 6.32. The van der Waals surface area contributed by atoms with E-state index in [1.165, 1.54) is 6.07 Å². The standard InChI is InChI=1S/C20H24ClN3O3/c1-19(2,3)12-7-10-16(25)15(11-12)23-22-14-9-8-13(21)17(20(4,5)6)18(14)24(26)27/h7-11,25H,1-6H3. The number of hydrogen-bond acceptors (Lipinski definition) is 5. The van der Waals surface area contributed by atoms with Crippen molar-refractivity contribution in [2.75, 3.05) is 0 Å². The van der Waals surface area contributed by atoms with E-state index in [2.05, 4.69) is 10.2 Å². The van der Waals surface area contributed by atoms with E-state index in [0.29, 0.717) is 10.6 Å². The largest absolute Gasteiger partial charge is 0.506 e. The van der Waals surface area contributed by atoms with Crippen LogP contribution in [0.4, 0.5) is 17.1 Å². The molecular weight excluding hydrogens is 366 g/mol. The first kappa shape index (κ1) is 20.8. The van der Waals surface area contributed by atoms with Gasteiger partial charge < -0.3 is 5.11 Å². The number of nitrogens with zero attached hydrogens (tertiary/aromatic N) is 3. The van der Waals surface area contributed by atoms with Crippen LogP contribution in [0.5, 0.6) is 5.75 Å². The maximum atomic E-state index is 11.7. The van der Waals surface area contributed by atoms with Crippen molar-refractivity contribution >= 4 is 28.7 Å². The number of aromatic hydroxyl groups is 1. The first-order chi connectivity index (χ1) is 12.3. The van der Waals surface area contributed by atoms with Gasteiger partial charge in [0.1, 0.15) is 11.4 Å². The van der Waals surface area contributed by atoms with Crippen LogP contribution in [0.15, 0.2) is 40.6 Å². The number of phenolic OH excluding ortho intramolecular Hbond substituents is 1. The second-order valence-electron chi connectivity index (χ2n) is 8.45. The van der Waals surface area contributed by atoms with E-state index in [-0.39, 0.29) is 28.2 Å². The molecule has 7 heteroatoms. The van der Waals surface area contributed by atoms with Gasteiger partial charge in [-0.05, 0) is 40.7 Å². The van der Waals surface area contributed by atoms with Crippen molar-refractivity contribution in [3.63, 3.8) is 0 Å². The molecule has 0 aliphatic carbocycles. The van der Waals surface area contributed by atoms with E-state index in [4.69, 9.17) is 11.6 Å². The van der Waals surface area contributed by atoms with Crippen LogP contribution in [0.1, 0.15) is 52.7 Å². The molecule has 2 rings (SSSR count). The highest BCUT2D eigenvalue weighted by Gasteiger charge is 2.31. The number of hydrogen-bond donors (Lipinski definition) is 1. The fraction of sp³-hybridized carbons (Fsp3) is 0.400. The predicted molar refractivity (Wildman–Crippen MR) is 108 cm³/mol. The molecule has 0 atom stereocenters. The summed E-state index contributed by atoms with van der Waals surface area (Å²) in [6.45, 7) is 11.7. The van der Waals surface area contributed by atoms with Crippen molar-refractivity contribution in [3.8, 4) is 5.75 Å². The minimum atomic E-state index is -0.542. The summed E-state index contributed by atoms with van der Waals surface area (Å²) in [5, 5.41) is 30.2. The van der Waals surface area contributed by atoms with E-state index >= 15 is 0 Å². The molecule has 0 aliphatic heterocycles. The Morgan fingerprint density at radius 3 is 2.07 bits per heavy atom. The Hall–Kier alpha value is -2.47. The first-order valence-electron chi connectivity index (χ1n) is 8.55. The Morgan fingerprint density at radius 2 is 1.56 bits per heavy atom. The van der Waals surface area contributed by atoms with Crippen LogP contribution in [-0.2, 0) is 10.8 Å². The molecule has 1 N–H and O–H groups in total. The molecule has 0 saturated carbocycles. The van der Waals surface area contributed by atoms with E-state index in [9.17, 15) is 15.2 Å². The lowest BCUT2D eigenvalue weighted by atomic mass is 9.85. The fourth-order valence-electron chi connectivity index (χ4n) is 2.71. The van der Waals surface area contributed by atoms with Crippen LogP contribution in [0.2, 0.25) is 5.02 Å². The van der Waals surface area contributed by atoms with E-state index < -0.39 is 10.3 Å². The monoisotopic (exact) mass is 389 g/mol. The van der Waals surface area contributed by atoms with Gasteiger partial charge in [0.2, 0.25) is 0 Å². The molecule has 0 amide bonds. The predicted octanol–water partition coefficient (Wildman–Crippen LogP) is 6.96. The Morgan fingerprint density at radius 1 is 0.963 bits per heavy atom. The lowest BCUT2D eigenvalue weighted by Crippen LogP contribution is -2.14. The van der Waals surface area contributed by atoms with Gasteiger partial charge in [-0.25, -0.2) is 0 Å². The van der Waals surface area contributed by atoms with Crippen LogP contribution in [0.25, 0.3) is 0 Å². The van der Waals surface area contributed by atoms with Crippen LogP contribution in [0, 0.1) is 10.1 Å². The maximum absolute atomic E-state index is 11.7. The Kier molecular flexibility index (Phi) is 5.61. The van der Waals surface area contributed by atoms with Crippen LogP contribution in [-0.4, -0.2) is 10.0 Å². The zero-order valence-electron chi connectivity index (χ0n) is 16.4. The quantitative estimate of drug-likeness (QED) is 0.349. The van der Waals surface area contributed by atoms with Crippen LogP contribution < -0.4 is 0 Å². The smallest absolute Gasteiger partial charge is 0.301 e. The van der Waals surface area contributed by atoms with Crippen molar-refractivity contribution in [3.05, 3.63) is 56.6 Å². The lowest BCUT2D eigenvalue weighted by molar-refractivity contribution is -0.385. The fourth-order valence-corrected chi connectivity index (χ4v) is 3.15. The van der Waals surface area contributed by atoms with Gasteiger partial charge in [-0.3, -0.25) is 10.1 Å². The molecule has 0 aliphatic rings. The molecule has 0 bridgehead atoms. The molecule has 0 spiro atoms. The molecule has 0 radical (unpaired) electrons. The summed E-state index contributed by atoms with van der Waals surface area (Å²) >= 11 is 6.23. The van der Waals surface area contributed by atoms with E-state index in [1.54, 1.807) is 18.2 Å². The molecule has 2 aromatic carbocycles. The van der Waals surface area contributed by atoms with Gasteiger partial charge in [-0.15, -0.1) is 10.2 Å². The zero-order chi connectivity index (χ0) is 20.6. The van der Waals surface area contributed by atoms with Crippen molar-refractivity contribution in [1.82, 2.24) is 0 Å². The summed E-state index contributed by atoms with van der Waals surface area (Å²) in [5.74, 6) is -0.0422. The SMILES string of the molecule is CC(C)(C)c1ccc(O)c(N=Nc2ccc(Cl)c(C(C)(C)C)c2[N+](=O)[O-])c1. The molecule has 2 aromatic rings. The van der Waals surface area contributed by atoms with E-state index in [1.807, 2.05) is 47.6 Å². The summed E-state index contributed by atoms with van der Waals surface area (Å²) < 4.78 is 0. The summed E-state index contributed by atoms with van der Waals surface area (Å²) in [6.07, 6.45) is 0. The van der Waals surface area contributed by atoms with Gasteiger partial charge in [0.25, 0.3) is 0 Å². The van der Waals surface area contributed by atoms with Crippen molar-refractivity contribution < 1.29 is 10.0 Å². The van der Waals surface area contributed by atoms with Gasteiger partial charge in [-0.2, -0.15) is 0 Å². The Balaban J connectivity index is 2.60. The van der Waals surface area contributed by atoms with Gasteiger partial charge in [0.15, 0.2) is 5.69 Å². The van der Waals surface area contributed by atoms with Gasteiger partial charge in [-0.1, -0.05) is 59.2 Å². The maximum Gasteiger partial charge on any atom is 0.301 e. The Labute approximate surface area is 164 Å². The average molecular weight is 390 g/mol. The third kappa shape index (κ3) is 4.63. The highest BCUT2D eigenvalue weighted by atomic mass is 35.5. The molecule has 0 saturated heterocycles. The molecule has 0 aromatic heterocycles. The number of rotatable bonds is 3. The third-order valence-corrected chi connectivity index (χ3v) is 4.46. The minimum Gasteiger partial charge on any atom is -0.506 e. The van der Waals surface area contributed by atoms with Crippen molar-refractivity contribution in [2.45, 2.75) is 52.4 Å². The highest BCUT2D eigenvalue weighted by Crippen LogP contribution is 2.43. The number of phenols is 1. The topological polar surface area (TPSA) is 88.1 Å². The normalized spacial score (nSPS) is 12.6. The molecule has 144 valence electrons. The number of azo groups is 1. The molecule has 0 fully saturated rings. The van der Waals surface area contributed by atoms with Crippen LogP contribution >= 0.6 is 11.6 Å². The second-order valence-corrected chi connectivity index (χ2v) is 8.86. The van der Waals surface area contributed by atoms with Gasteiger partial charge >= 0.3 is 5.69 Å². The average Bonchev–Trinajstić information content (AvgIpc) is 2.52. The second kappa shape index (κ2) is 7.27. The first-order valence-corrected chi connectivity index (χ1v) is 8.93. The number of halogens is 1. The summed E-state index contributed by atoms with van der Waals surface area (Å²) in [4.78, 5) is 11.2. The third-order valence-electron chi connectivity index (χ3n) is 4.15. The molecule has 0 heterocycles. The summed E-state index contributed by atoms with van der Waals surface area (Å²) in [5.41, 5.74) is 0.862. The Bertz CT molecular complexity index is 910. The minimum absolute atomic E-state index is 0.0422. The van der Waals surface area contributed by atoms with Crippen LogP contribution in [0.3, 0.4) is 0 Å². The van der Waals surface area contributed by atoms with Gasteiger partial charge in [0.05, 0.1) is 15.5 Å². The molecule has 27 heavy (non-hydrogen) atoms. The van der Waals surface area contributed by atoms with E-state index in [0.717, 1.165) is 5.56 Å². The number of nitro benzene ring substituents is 1. The zero-order valence-corrected chi connectivity index (χ0v) is 17.1.